The molecule has 0 radical (unpaired) electrons. The minimum atomic E-state index is 0. The highest BCUT2D eigenvalue weighted by molar-refractivity contribution is 14.0. The minimum Gasteiger partial charge on any atom is -0.356 e. The predicted octanol–water partition coefficient (Wildman–Crippen LogP) is 2.82. The van der Waals surface area contributed by atoms with Crippen LogP contribution in [-0.4, -0.2) is 31.1 Å². The standard InChI is InChI=1S/C13H24N4S.HI/c1-10(2)5-7-15-13(14-4)16-8-6-12-17-9-11(3)18-12;/h9-10H,5-8H2,1-4H3,(H2,14,15,16);1H. The molecule has 0 atom stereocenters. The third-order valence-corrected chi connectivity index (χ3v) is 3.51. The van der Waals surface area contributed by atoms with Crippen molar-refractivity contribution in [3.63, 3.8) is 0 Å². The highest BCUT2D eigenvalue weighted by Crippen LogP contribution is 2.10. The summed E-state index contributed by atoms with van der Waals surface area (Å²) in [5, 5.41) is 7.80. The number of hydrogen-bond donors (Lipinski definition) is 2. The molecule has 1 rings (SSSR count). The summed E-state index contributed by atoms with van der Waals surface area (Å²) >= 11 is 1.76. The van der Waals surface area contributed by atoms with E-state index in [1.807, 2.05) is 6.20 Å². The van der Waals surface area contributed by atoms with Crippen LogP contribution in [0.1, 0.15) is 30.2 Å². The lowest BCUT2D eigenvalue weighted by Gasteiger charge is -2.12. The second kappa shape index (κ2) is 10.4. The number of aliphatic imine (C=N–C) groups is 1. The summed E-state index contributed by atoms with van der Waals surface area (Å²) in [6, 6.07) is 0. The molecule has 1 aromatic heterocycles. The molecule has 0 unspecified atom stereocenters. The van der Waals surface area contributed by atoms with Crippen LogP contribution in [0.4, 0.5) is 0 Å². The SMILES string of the molecule is CN=C(NCCc1ncc(C)s1)NCCC(C)C.I. The van der Waals surface area contributed by atoms with E-state index in [1.54, 1.807) is 18.4 Å². The molecule has 0 bridgehead atoms. The van der Waals surface area contributed by atoms with Crippen LogP contribution in [0.15, 0.2) is 11.2 Å². The Labute approximate surface area is 137 Å². The molecule has 1 aromatic rings. The largest absolute Gasteiger partial charge is 0.356 e. The summed E-state index contributed by atoms with van der Waals surface area (Å²) in [6.07, 6.45) is 4.03. The molecule has 0 saturated carbocycles. The lowest BCUT2D eigenvalue weighted by atomic mass is 10.1. The Balaban J connectivity index is 0.00000324. The maximum atomic E-state index is 4.34. The van der Waals surface area contributed by atoms with E-state index in [1.165, 1.54) is 9.88 Å². The molecular formula is C13H25IN4S. The van der Waals surface area contributed by atoms with Crippen molar-refractivity contribution in [2.45, 2.75) is 33.6 Å². The highest BCUT2D eigenvalue weighted by Gasteiger charge is 2.01. The molecule has 1 heterocycles. The van der Waals surface area contributed by atoms with Gasteiger partial charge in [-0.05, 0) is 19.3 Å². The van der Waals surface area contributed by atoms with Crippen molar-refractivity contribution in [2.75, 3.05) is 20.1 Å². The van der Waals surface area contributed by atoms with E-state index in [0.717, 1.165) is 31.9 Å². The lowest BCUT2D eigenvalue weighted by molar-refractivity contribution is 0.573. The number of aromatic nitrogens is 1. The third-order valence-electron chi connectivity index (χ3n) is 2.54. The average molecular weight is 396 g/mol. The van der Waals surface area contributed by atoms with Crippen LogP contribution in [0.2, 0.25) is 0 Å². The van der Waals surface area contributed by atoms with E-state index in [4.69, 9.17) is 0 Å². The number of halogens is 1. The third kappa shape index (κ3) is 8.41. The Morgan fingerprint density at radius 3 is 2.58 bits per heavy atom. The number of nitrogens with one attached hydrogen (secondary N) is 2. The fourth-order valence-corrected chi connectivity index (χ4v) is 2.29. The van der Waals surface area contributed by atoms with Gasteiger partial charge in [0.15, 0.2) is 5.96 Å². The molecule has 0 aliphatic heterocycles. The first-order chi connectivity index (χ1) is 8.61. The van der Waals surface area contributed by atoms with Crippen LogP contribution >= 0.6 is 35.3 Å². The van der Waals surface area contributed by atoms with Gasteiger partial charge >= 0.3 is 0 Å². The first-order valence-electron chi connectivity index (χ1n) is 6.47. The first kappa shape index (κ1) is 18.6. The maximum Gasteiger partial charge on any atom is 0.190 e. The Morgan fingerprint density at radius 1 is 1.37 bits per heavy atom. The molecule has 0 aromatic carbocycles. The topological polar surface area (TPSA) is 49.3 Å². The zero-order chi connectivity index (χ0) is 13.4. The minimum absolute atomic E-state index is 0. The summed E-state index contributed by atoms with van der Waals surface area (Å²) in [6.45, 7) is 8.37. The fraction of sp³-hybridized carbons (Fsp3) is 0.692. The number of hydrogen-bond acceptors (Lipinski definition) is 3. The monoisotopic (exact) mass is 396 g/mol. The molecule has 0 aliphatic rings. The van der Waals surface area contributed by atoms with Gasteiger partial charge in [-0.25, -0.2) is 4.98 Å². The number of guanidine groups is 1. The van der Waals surface area contributed by atoms with Crippen molar-refractivity contribution >= 4 is 41.3 Å². The normalized spacial score (nSPS) is 11.3. The van der Waals surface area contributed by atoms with Gasteiger partial charge in [0.2, 0.25) is 0 Å². The number of rotatable bonds is 6. The maximum absolute atomic E-state index is 4.34. The summed E-state index contributed by atoms with van der Waals surface area (Å²) in [5.74, 6) is 1.60. The molecule has 0 saturated heterocycles. The van der Waals surface area contributed by atoms with Crippen LogP contribution in [0.5, 0.6) is 0 Å². The summed E-state index contributed by atoms with van der Waals surface area (Å²) < 4.78 is 0. The molecule has 6 heteroatoms. The molecule has 2 N–H and O–H groups in total. The van der Waals surface area contributed by atoms with E-state index in [2.05, 4.69) is 41.4 Å². The second-order valence-electron chi connectivity index (χ2n) is 4.72. The zero-order valence-electron chi connectivity index (χ0n) is 12.2. The van der Waals surface area contributed by atoms with Gasteiger partial charge in [-0.1, -0.05) is 13.8 Å². The van der Waals surface area contributed by atoms with E-state index in [0.29, 0.717) is 5.92 Å². The Hall–Kier alpha value is -0.370. The van der Waals surface area contributed by atoms with E-state index in [-0.39, 0.29) is 24.0 Å². The predicted molar refractivity (Wildman–Crippen MR) is 94.8 cm³/mol. The van der Waals surface area contributed by atoms with E-state index in [9.17, 15) is 0 Å². The van der Waals surface area contributed by atoms with Crippen molar-refractivity contribution in [1.29, 1.82) is 0 Å². The fourth-order valence-electron chi connectivity index (χ4n) is 1.50. The number of aryl methyl sites for hydroxylation is 1. The molecule has 19 heavy (non-hydrogen) atoms. The van der Waals surface area contributed by atoms with Crippen molar-refractivity contribution < 1.29 is 0 Å². The van der Waals surface area contributed by atoms with E-state index < -0.39 is 0 Å². The highest BCUT2D eigenvalue weighted by atomic mass is 127. The Morgan fingerprint density at radius 2 is 2.05 bits per heavy atom. The van der Waals surface area contributed by atoms with Crippen molar-refractivity contribution in [1.82, 2.24) is 15.6 Å². The van der Waals surface area contributed by atoms with Gasteiger partial charge in [-0.15, -0.1) is 35.3 Å². The van der Waals surface area contributed by atoms with Crippen LogP contribution < -0.4 is 10.6 Å². The van der Waals surface area contributed by atoms with Crippen LogP contribution in [0.3, 0.4) is 0 Å². The molecular weight excluding hydrogens is 371 g/mol. The quantitative estimate of drug-likeness (QED) is 0.442. The van der Waals surface area contributed by atoms with Crippen LogP contribution in [-0.2, 0) is 6.42 Å². The average Bonchev–Trinajstić information content (AvgIpc) is 2.72. The van der Waals surface area contributed by atoms with Crippen LogP contribution in [0, 0.1) is 12.8 Å². The molecule has 0 aliphatic carbocycles. The Bertz CT molecular complexity index is 376. The zero-order valence-corrected chi connectivity index (χ0v) is 15.3. The smallest absolute Gasteiger partial charge is 0.190 e. The first-order valence-corrected chi connectivity index (χ1v) is 7.29. The van der Waals surface area contributed by atoms with Gasteiger partial charge in [0.1, 0.15) is 0 Å². The summed E-state index contributed by atoms with van der Waals surface area (Å²) in [5.41, 5.74) is 0. The lowest BCUT2D eigenvalue weighted by Crippen LogP contribution is -2.39. The van der Waals surface area contributed by atoms with Gasteiger partial charge < -0.3 is 10.6 Å². The molecule has 0 amide bonds. The summed E-state index contributed by atoms with van der Waals surface area (Å²) in [4.78, 5) is 9.81. The second-order valence-corrected chi connectivity index (χ2v) is 6.04. The molecule has 0 fully saturated rings. The molecule has 0 spiro atoms. The van der Waals surface area contributed by atoms with Gasteiger partial charge in [-0.2, -0.15) is 0 Å². The van der Waals surface area contributed by atoms with E-state index >= 15 is 0 Å². The molecule has 110 valence electrons. The van der Waals surface area contributed by atoms with Gasteiger partial charge in [0.25, 0.3) is 0 Å². The number of thiazole rings is 1. The van der Waals surface area contributed by atoms with Crippen molar-refractivity contribution in [3.05, 3.63) is 16.1 Å². The number of nitrogens with zero attached hydrogens (tertiary/aromatic N) is 2. The van der Waals surface area contributed by atoms with Gasteiger partial charge in [0.05, 0.1) is 5.01 Å². The Kier molecular flexibility index (Phi) is 10.2. The molecule has 4 nitrogen and oxygen atoms in total. The van der Waals surface area contributed by atoms with Crippen LogP contribution in [0.25, 0.3) is 0 Å². The van der Waals surface area contributed by atoms with Crippen molar-refractivity contribution in [2.24, 2.45) is 10.9 Å². The van der Waals surface area contributed by atoms with Crippen molar-refractivity contribution in [3.8, 4) is 0 Å². The summed E-state index contributed by atoms with van der Waals surface area (Å²) in [7, 11) is 1.80. The van der Waals surface area contributed by atoms with Gasteiger partial charge in [0, 0.05) is 37.6 Å². The van der Waals surface area contributed by atoms with Gasteiger partial charge in [-0.3, -0.25) is 4.99 Å².